The van der Waals surface area contributed by atoms with E-state index in [9.17, 15) is 0 Å². The van der Waals surface area contributed by atoms with Gasteiger partial charge in [0.2, 0.25) is 0 Å². The van der Waals surface area contributed by atoms with Crippen LogP contribution in [0.1, 0.15) is 47.0 Å². The number of nitrogens with zero attached hydrogens (tertiary/aromatic N) is 2. The van der Waals surface area contributed by atoms with Gasteiger partial charge in [0, 0.05) is 32.3 Å². The Hall–Kier alpha value is -0.810. The van der Waals surface area contributed by atoms with Gasteiger partial charge in [-0.3, -0.25) is 9.89 Å². The summed E-state index contributed by atoms with van der Waals surface area (Å²) in [6.07, 6.45) is 3.86. The number of hydrogen-bond donors (Lipinski definition) is 2. The Bertz CT molecular complexity index is 303. The van der Waals surface area contributed by atoms with Crippen molar-refractivity contribution in [1.29, 1.82) is 0 Å². The maximum Gasteiger partial charge on any atom is 0.191 e. The molecular formula is C17H36N4O. The molecule has 0 aromatic heterocycles. The molecule has 5 nitrogen and oxygen atoms in total. The number of likely N-dealkylation sites (N-methyl/N-ethyl adjacent to an activating group) is 1. The quantitative estimate of drug-likeness (QED) is 0.329. The summed E-state index contributed by atoms with van der Waals surface area (Å²) in [5.74, 6) is 1.61. The molecule has 130 valence electrons. The predicted molar refractivity (Wildman–Crippen MR) is 94.5 cm³/mol. The average molecular weight is 313 g/mol. The fraction of sp³-hybridized carbons (Fsp3) is 0.941. The summed E-state index contributed by atoms with van der Waals surface area (Å²) in [4.78, 5) is 7.18. The maximum atomic E-state index is 5.62. The van der Waals surface area contributed by atoms with Gasteiger partial charge in [0.15, 0.2) is 5.96 Å². The third-order valence-corrected chi connectivity index (χ3v) is 3.85. The molecule has 1 aliphatic rings. The highest BCUT2D eigenvalue weighted by atomic mass is 16.5. The summed E-state index contributed by atoms with van der Waals surface area (Å²) < 4.78 is 5.62. The Morgan fingerprint density at radius 2 is 2.00 bits per heavy atom. The minimum Gasteiger partial charge on any atom is -0.380 e. The van der Waals surface area contributed by atoms with Gasteiger partial charge in [-0.25, -0.2) is 0 Å². The van der Waals surface area contributed by atoms with Crippen LogP contribution in [0.15, 0.2) is 4.99 Å². The van der Waals surface area contributed by atoms with E-state index in [2.05, 4.69) is 48.2 Å². The molecule has 1 saturated carbocycles. The smallest absolute Gasteiger partial charge is 0.191 e. The van der Waals surface area contributed by atoms with Crippen LogP contribution in [0.25, 0.3) is 0 Å². The van der Waals surface area contributed by atoms with Crippen LogP contribution >= 0.6 is 0 Å². The summed E-state index contributed by atoms with van der Waals surface area (Å²) in [5, 5.41) is 6.63. The van der Waals surface area contributed by atoms with Crippen molar-refractivity contribution in [2.24, 2.45) is 10.9 Å². The molecule has 0 heterocycles. The molecule has 1 fully saturated rings. The van der Waals surface area contributed by atoms with Gasteiger partial charge in [-0.05, 0) is 38.6 Å². The van der Waals surface area contributed by atoms with Crippen molar-refractivity contribution in [1.82, 2.24) is 15.5 Å². The Labute approximate surface area is 136 Å². The Morgan fingerprint density at radius 1 is 1.23 bits per heavy atom. The molecule has 0 radical (unpaired) electrons. The lowest BCUT2D eigenvalue weighted by Crippen LogP contribution is -2.39. The van der Waals surface area contributed by atoms with E-state index in [1.54, 1.807) is 0 Å². The van der Waals surface area contributed by atoms with Crippen LogP contribution in [0.3, 0.4) is 0 Å². The zero-order valence-corrected chi connectivity index (χ0v) is 15.0. The van der Waals surface area contributed by atoms with E-state index in [-0.39, 0.29) is 0 Å². The van der Waals surface area contributed by atoms with Gasteiger partial charge in [-0.2, -0.15) is 0 Å². The first kappa shape index (κ1) is 19.2. The van der Waals surface area contributed by atoms with Gasteiger partial charge >= 0.3 is 0 Å². The van der Waals surface area contributed by atoms with Crippen LogP contribution < -0.4 is 10.6 Å². The fourth-order valence-corrected chi connectivity index (χ4v) is 2.33. The van der Waals surface area contributed by atoms with Crippen LogP contribution in [-0.2, 0) is 4.74 Å². The molecular weight excluding hydrogens is 276 g/mol. The third-order valence-electron chi connectivity index (χ3n) is 3.85. The second-order valence-electron chi connectivity index (χ2n) is 6.34. The number of nitrogens with one attached hydrogen (secondary N) is 2. The minimum absolute atomic E-state index is 0.708. The number of ether oxygens (including phenoxy) is 1. The third kappa shape index (κ3) is 9.26. The van der Waals surface area contributed by atoms with E-state index in [0.29, 0.717) is 5.92 Å². The van der Waals surface area contributed by atoms with Gasteiger partial charge in [-0.1, -0.05) is 20.8 Å². The molecule has 0 aromatic rings. The van der Waals surface area contributed by atoms with Crippen molar-refractivity contribution in [3.05, 3.63) is 0 Å². The zero-order valence-electron chi connectivity index (χ0n) is 15.0. The molecule has 2 N–H and O–H groups in total. The molecule has 0 amide bonds. The number of hydrogen-bond acceptors (Lipinski definition) is 3. The topological polar surface area (TPSA) is 48.9 Å². The van der Waals surface area contributed by atoms with E-state index in [0.717, 1.165) is 64.4 Å². The van der Waals surface area contributed by atoms with Crippen molar-refractivity contribution in [2.45, 2.75) is 53.0 Å². The molecule has 1 rings (SSSR count). The second kappa shape index (κ2) is 11.7. The van der Waals surface area contributed by atoms with E-state index in [4.69, 9.17) is 4.74 Å². The van der Waals surface area contributed by atoms with Gasteiger partial charge in [0.1, 0.15) is 0 Å². The highest BCUT2D eigenvalue weighted by Gasteiger charge is 2.27. The first-order valence-corrected chi connectivity index (χ1v) is 9.01. The summed E-state index contributed by atoms with van der Waals surface area (Å²) in [6.45, 7) is 15.1. The molecule has 1 aliphatic carbocycles. The summed E-state index contributed by atoms with van der Waals surface area (Å²) >= 11 is 0. The molecule has 0 aliphatic heterocycles. The van der Waals surface area contributed by atoms with Gasteiger partial charge in [0.25, 0.3) is 0 Å². The van der Waals surface area contributed by atoms with Crippen molar-refractivity contribution in [2.75, 3.05) is 45.9 Å². The predicted octanol–water partition coefficient (Wildman–Crippen LogP) is 2.09. The highest BCUT2D eigenvalue weighted by Crippen LogP contribution is 2.25. The lowest BCUT2D eigenvalue weighted by molar-refractivity contribution is 0.128. The average Bonchev–Trinajstić information content (AvgIpc) is 3.31. The van der Waals surface area contributed by atoms with Crippen molar-refractivity contribution >= 4 is 5.96 Å². The molecule has 5 heteroatoms. The first-order valence-electron chi connectivity index (χ1n) is 9.01. The molecule has 0 spiro atoms. The van der Waals surface area contributed by atoms with E-state index in [1.165, 1.54) is 12.8 Å². The van der Waals surface area contributed by atoms with E-state index < -0.39 is 0 Å². The second-order valence-corrected chi connectivity index (χ2v) is 6.34. The molecule has 0 unspecified atom stereocenters. The first-order chi connectivity index (χ1) is 10.7. The SMILES string of the molecule is CCNC(=NCCN(CC)C1CC1)NCCOCCC(C)C. The minimum atomic E-state index is 0.708. The number of rotatable bonds is 12. The molecule has 0 atom stereocenters. The Balaban J connectivity index is 2.15. The van der Waals surface area contributed by atoms with E-state index >= 15 is 0 Å². The summed E-state index contributed by atoms with van der Waals surface area (Å²) in [6, 6.07) is 0.824. The fourth-order valence-electron chi connectivity index (χ4n) is 2.33. The molecule has 0 aromatic carbocycles. The van der Waals surface area contributed by atoms with Crippen LogP contribution in [-0.4, -0.2) is 62.8 Å². The van der Waals surface area contributed by atoms with Crippen LogP contribution in [0, 0.1) is 5.92 Å². The molecule has 0 saturated heterocycles. The highest BCUT2D eigenvalue weighted by molar-refractivity contribution is 5.79. The number of aliphatic imine (C=N–C) groups is 1. The van der Waals surface area contributed by atoms with E-state index in [1.807, 2.05) is 0 Å². The van der Waals surface area contributed by atoms with Gasteiger partial charge in [0.05, 0.1) is 13.2 Å². The normalized spacial score (nSPS) is 15.6. The van der Waals surface area contributed by atoms with Crippen molar-refractivity contribution in [3.63, 3.8) is 0 Å². The van der Waals surface area contributed by atoms with Crippen molar-refractivity contribution in [3.8, 4) is 0 Å². The summed E-state index contributed by atoms with van der Waals surface area (Å²) in [7, 11) is 0. The lowest BCUT2D eigenvalue weighted by atomic mass is 10.1. The largest absolute Gasteiger partial charge is 0.380 e. The summed E-state index contributed by atoms with van der Waals surface area (Å²) in [5.41, 5.74) is 0. The number of guanidine groups is 1. The monoisotopic (exact) mass is 312 g/mol. The Morgan fingerprint density at radius 3 is 2.59 bits per heavy atom. The van der Waals surface area contributed by atoms with Crippen LogP contribution in [0.4, 0.5) is 0 Å². The lowest BCUT2D eigenvalue weighted by Gasteiger charge is -2.19. The van der Waals surface area contributed by atoms with Crippen LogP contribution in [0.2, 0.25) is 0 Å². The molecule has 22 heavy (non-hydrogen) atoms. The molecule has 0 bridgehead atoms. The maximum absolute atomic E-state index is 5.62. The zero-order chi connectivity index (χ0) is 16.2. The standard InChI is InChI=1S/C17H36N4O/c1-5-18-17(20-11-14-22-13-9-15(3)4)19-10-12-21(6-2)16-7-8-16/h15-16H,5-14H2,1-4H3,(H2,18,19,20). The Kier molecular flexibility index (Phi) is 10.2. The van der Waals surface area contributed by atoms with Gasteiger partial charge < -0.3 is 15.4 Å². The van der Waals surface area contributed by atoms with Crippen LogP contribution in [0.5, 0.6) is 0 Å². The van der Waals surface area contributed by atoms with Crippen molar-refractivity contribution < 1.29 is 4.74 Å². The van der Waals surface area contributed by atoms with Gasteiger partial charge in [-0.15, -0.1) is 0 Å².